The highest BCUT2D eigenvalue weighted by Crippen LogP contribution is 2.43. The molecule has 0 bridgehead atoms. The molecule has 0 saturated carbocycles. The first-order valence-corrected chi connectivity index (χ1v) is 12.8. The summed E-state index contributed by atoms with van der Waals surface area (Å²) in [4.78, 5) is 11.0. The largest absolute Gasteiger partial charge is 0.464 e. The Kier molecular flexibility index (Phi) is 6.40. The second-order valence-electron chi connectivity index (χ2n) is 8.95. The number of aliphatic imine (C=N–C) groups is 1. The number of likely N-dealkylation sites (N-methyl/N-ethyl adjacent to an activating group) is 1. The zero-order valence-corrected chi connectivity index (χ0v) is 20.4. The van der Waals surface area contributed by atoms with Crippen molar-refractivity contribution >= 4 is 28.0 Å². The van der Waals surface area contributed by atoms with E-state index in [4.69, 9.17) is 9.41 Å². The van der Waals surface area contributed by atoms with Crippen molar-refractivity contribution in [1.82, 2.24) is 4.98 Å². The van der Waals surface area contributed by atoms with Crippen molar-refractivity contribution in [3.8, 4) is 0 Å². The second-order valence-corrected chi connectivity index (χ2v) is 10.4. The van der Waals surface area contributed by atoms with Crippen molar-refractivity contribution in [2.45, 2.75) is 45.3 Å². The first-order chi connectivity index (χ1) is 15.6. The number of allylic oxidation sites excluding steroid dienone is 1. The van der Waals surface area contributed by atoms with Gasteiger partial charge in [0.1, 0.15) is 28.9 Å². The number of alkyl halides is 1. The molecule has 0 amide bonds. The lowest BCUT2D eigenvalue weighted by Gasteiger charge is -2.30. The molecule has 4 atom stereocenters. The van der Waals surface area contributed by atoms with E-state index in [9.17, 15) is 13.0 Å². The first kappa shape index (κ1) is 23.5. The maximum atomic E-state index is 14.9. The van der Waals surface area contributed by atoms with E-state index in [2.05, 4.69) is 18.8 Å². The van der Waals surface area contributed by atoms with Crippen molar-refractivity contribution in [1.29, 1.82) is 0 Å². The number of hydrogen-bond acceptors (Lipinski definition) is 5. The Morgan fingerprint density at radius 3 is 2.85 bits per heavy atom. The summed E-state index contributed by atoms with van der Waals surface area (Å²) in [6, 6.07) is 3.31. The van der Waals surface area contributed by atoms with E-state index in [0.29, 0.717) is 39.9 Å². The van der Waals surface area contributed by atoms with Crippen LogP contribution in [0.15, 0.2) is 51.7 Å². The van der Waals surface area contributed by atoms with Crippen LogP contribution in [0.2, 0.25) is 0 Å². The minimum Gasteiger partial charge on any atom is -0.464 e. The molecule has 0 saturated heterocycles. The fourth-order valence-corrected chi connectivity index (χ4v) is 5.31. The van der Waals surface area contributed by atoms with Gasteiger partial charge in [-0.1, -0.05) is 19.9 Å². The lowest BCUT2D eigenvalue weighted by molar-refractivity contribution is 0.192. The van der Waals surface area contributed by atoms with Crippen molar-refractivity contribution in [2.24, 2.45) is 10.9 Å². The van der Waals surface area contributed by atoms with Gasteiger partial charge >= 0.3 is 0 Å². The summed E-state index contributed by atoms with van der Waals surface area (Å²) in [6.45, 7) is 5.68. The van der Waals surface area contributed by atoms with Gasteiger partial charge in [-0.15, -0.1) is 0 Å². The highest BCUT2D eigenvalue weighted by atomic mass is 32.2. The number of fused-ring (bicyclic) bond motifs is 1. The zero-order valence-electron chi connectivity index (χ0n) is 19.6. The van der Waals surface area contributed by atoms with Gasteiger partial charge in [-0.05, 0) is 37.1 Å². The van der Waals surface area contributed by atoms with Gasteiger partial charge in [0.05, 0.1) is 18.5 Å². The molecule has 5 nitrogen and oxygen atoms in total. The van der Waals surface area contributed by atoms with E-state index in [1.165, 1.54) is 19.4 Å². The number of anilines is 1. The number of furan rings is 1. The van der Waals surface area contributed by atoms with E-state index < -0.39 is 22.3 Å². The maximum Gasteiger partial charge on any atom is 0.149 e. The van der Waals surface area contributed by atoms with Crippen molar-refractivity contribution < 1.29 is 17.4 Å². The predicted octanol–water partition coefficient (Wildman–Crippen LogP) is 5.40. The highest BCUT2D eigenvalue weighted by molar-refractivity contribution is 7.84. The quantitative estimate of drug-likeness (QED) is 0.583. The number of dihydropyridines is 1. The molecule has 1 aliphatic heterocycles. The average molecular weight is 474 g/mol. The molecule has 4 rings (SSSR count). The number of halogens is 2. The molecule has 2 aromatic heterocycles. The molecule has 2 aromatic rings. The lowest BCUT2D eigenvalue weighted by Crippen LogP contribution is -2.34. The number of nitrogens with zero attached hydrogens (tertiary/aromatic N) is 3. The second kappa shape index (κ2) is 8.97. The van der Waals surface area contributed by atoms with Gasteiger partial charge in [-0.3, -0.25) is 9.20 Å². The van der Waals surface area contributed by atoms with Crippen LogP contribution in [0.5, 0.6) is 0 Å². The fraction of sp³-hybridized carbons (Fsp3) is 0.440. The third-order valence-corrected chi connectivity index (χ3v) is 7.28. The molecule has 2 aliphatic rings. The average Bonchev–Trinajstić information content (AvgIpc) is 3.27. The number of amidine groups is 1. The van der Waals surface area contributed by atoms with Crippen molar-refractivity contribution in [3.63, 3.8) is 0 Å². The molecule has 33 heavy (non-hydrogen) atoms. The van der Waals surface area contributed by atoms with Crippen molar-refractivity contribution in [3.05, 3.63) is 65.0 Å². The van der Waals surface area contributed by atoms with Crippen LogP contribution in [0.4, 0.5) is 14.6 Å². The molecule has 0 spiro atoms. The summed E-state index contributed by atoms with van der Waals surface area (Å²) >= 11 is 0. The monoisotopic (exact) mass is 473 g/mol. The van der Waals surface area contributed by atoms with E-state index in [0.717, 1.165) is 12.0 Å². The van der Waals surface area contributed by atoms with Crippen LogP contribution in [0, 0.1) is 11.7 Å². The maximum absolute atomic E-state index is 14.9. The van der Waals surface area contributed by atoms with Crippen LogP contribution in [-0.2, 0) is 16.5 Å². The summed E-state index contributed by atoms with van der Waals surface area (Å²) < 4.78 is 47.2. The number of hydrogen-bond donors (Lipinski definition) is 0. The van der Waals surface area contributed by atoms with Crippen molar-refractivity contribution in [2.75, 3.05) is 24.0 Å². The Bertz CT molecular complexity index is 1180. The third kappa shape index (κ3) is 4.45. The zero-order chi connectivity index (χ0) is 23.9. The van der Waals surface area contributed by atoms with E-state index >= 15 is 0 Å². The Labute approximate surface area is 195 Å². The topological polar surface area (TPSA) is 58.7 Å². The molecule has 1 aliphatic carbocycles. The molecule has 0 N–H and O–H groups in total. The van der Waals surface area contributed by atoms with E-state index in [-0.39, 0.29) is 18.4 Å². The van der Waals surface area contributed by atoms with E-state index in [1.807, 2.05) is 18.0 Å². The van der Waals surface area contributed by atoms with Gasteiger partial charge in [0, 0.05) is 58.9 Å². The van der Waals surface area contributed by atoms with Gasteiger partial charge in [0.2, 0.25) is 0 Å². The predicted molar refractivity (Wildman–Crippen MR) is 129 cm³/mol. The van der Waals surface area contributed by atoms with Gasteiger partial charge in [0.25, 0.3) is 0 Å². The summed E-state index contributed by atoms with van der Waals surface area (Å²) in [5.74, 6) is 1.72. The normalized spacial score (nSPS) is 25.6. The van der Waals surface area contributed by atoms with Crippen LogP contribution >= 0.6 is 0 Å². The van der Waals surface area contributed by atoms with Crippen LogP contribution in [0.25, 0.3) is 5.57 Å². The lowest BCUT2D eigenvalue weighted by atomic mass is 9.84. The Morgan fingerprint density at radius 2 is 2.15 bits per heavy atom. The molecule has 8 heteroatoms. The Balaban J connectivity index is 1.72. The summed E-state index contributed by atoms with van der Waals surface area (Å²) in [5, 5.41) is 0. The standard InChI is InChI=1S/C25H29F2N3O2S/c1-6-21-15(2)16(14-33(5)31)11-23(29-21)30(4)22-12-18(20(26)13-28-22)17-7-9-25(3,27)19-8-10-32-24(17)19/h7-8,10-13,15,21H,6,9,14H2,1-5H3. The van der Waals surface area contributed by atoms with Gasteiger partial charge in [0.15, 0.2) is 0 Å². The van der Waals surface area contributed by atoms with E-state index in [1.54, 1.807) is 24.5 Å². The number of pyridine rings is 1. The minimum atomic E-state index is -1.56. The van der Waals surface area contributed by atoms with Gasteiger partial charge in [-0.2, -0.15) is 0 Å². The fourth-order valence-electron chi connectivity index (χ4n) is 4.49. The van der Waals surface area contributed by atoms with Gasteiger partial charge in [-0.25, -0.2) is 13.8 Å². The van der Waals surface area contributed by atoms with Crippen LogP contribution in [-0.4, -0.2) is 40.1 Å². The molecule has 0 aromatic carbocycles. The first-order valence-electron chi connectivity index (χ1n) is 11.1. The minimum absolute atomic E-state index is 0.0693. The smallest absolute Gasteiger partial charge is 0.149 e. The molecule has 0 radical (unpaired) electrons. The number of aromatic nitrogens is 1. The SMILES string of the molecule is CCC1N=C(N(C)c2cc(C3=CCC(C)(F)c4ccoc43)c(F)cn2)C=C(CS(C)=O)C1C. The molecule has 3 heterocycles. The van der Waals surface area contributed by atoms with Gasteiger partial charge < -0.3 is 9.32 Å². The third-order valence-electron chi connectivity index (χ3n) is 6.54. The molecular weight excluding hydrogens is 444 g/mol. The summed E-state index contributed by atoms with van der Waals surface area (Å²) in [5.41, 5.74) is 0.761. The molecule has 4 unspecified atom stereocenters. The highest BCUT2D eigenvalue weighted by Gasteiger charge is 2.36. The number of rotatable bonds is 5. The van der Waals surface area contributed by atoms with Crippen LogP contribution < -0.4 is 4.90 Å². The summed E-state index contributed by atoms with van der Waals surface area (Å²) in [7, 11) is 0.865. The Hall–Kier alpha value is -2.61. The van der Waals surface area contributed by atoms with Crippen LogP contribution in [0.1, 0.15) is 50.5 Å². The molecular formula is C25H29F2N3O2S. The molecule has 176 valence electrons. The molecule has 0 fully saturated rings. The summed E-state index contributed by atoms with van der Waals surface area (Å²) in [6.07, 6.45) is 8.91. The van der Waals surface area contributed by atoms with Crippen LogP contribution in [0.3, 0.4) is 0 Å². The Morgan fingerprint density at radius 1 is 1.39 bits per heavy atom.